The third-order valence-electron chi connectivity index (χ3n) is 4.13. The number of rotatable bonds is 5. The molecule has 0 heterocycles. The van der Waals surface area contributed by atoms with E-state index in [0.29, 0.717) is 24.7 Å². The Bertz CT molecular complexity index is 192. The van der Waals surface area contributed by atoms with Crippen molar-refractivity contribution in [2.24, 2.45) is 17.6 Å². The highest BCUT2D eigenvalue weighted by atomic mass is 19.3. The molecule has 1 fully saturated rings. The zero-order valence-corrected chi connectivity index (χ0v) is 10.5. The van der Waals surface area contributed by atoms with E-state index in [1.807, 2.05) is 0 Å². The topological polar surface area (TPSA) is 26.0 Å². The standard InChI is InChI=1S/C13H25F2N/c1-3-10(4-2)9-12(16)11-5-7-13(14,15)8-6-11/h10-12H,3-9,16H2,1-2H3. The van der Waals surface area contributed by atoms with Crippen LogP contribution >= 0.6 is 0 Å². The quantitative estimate of drug-likeness (QED) is 0.764. The molecule has 1 saturated carbocycles. The maximum absolute atomic E-state index is 13.0. The average Bonchev–Trinajstić information content (AvgIpc) is 2.25. The van der Waals surface area contributed by atoms with E-state index < -0.39 is 5.92 Å². The molecular weight excluding hydrogens is 208 g/mol. The van der Waals surface area contributed by atoms with Crippen molar-refractivity contribution in [2.45, 2.75) is 70.8 Å². The van der Waals surface area contributed by atoms with Crippen molar-refractivity contribution in [1.82, 2.24) is 0 Å². The summed E-state index contributed by atoms with van der Waals surface area (Å²) in [6.07, 6.45) is 4.58. The van der Waals surface area contributed by atoms with Gasteiger partial charge < -0.3 is 5.73 Å². The first-order chi connectivity index (χ1) is 7.48. The molecule has 0 aromatic carbocycles. The van der Waals surface area contributed by atoms with Crippen LogP contribution in [0.1, 0.15) is 58.8 Å². The first kappa shape index (κ1) is 13.9. The molecule has 1 nitrogen and oxygen atoms in total. The van der Waals surface area contributed by atoms with Gasteiger partial charge in [0.1, 0.15) is 0 Å². The van der Waals surface area contributed by atoms with Crippen molar-refractivity contribution < 1.29 is 8.78 Å². The summed E-state index contributed by atoms with van der Waals surface area (Å²) >= 11 is 0. The van der Waals surface area contributed by atoms with Crippen LogP contribution < -0.4 is 5.73 Å². The second-order valence-corrected chi connectivity index (χ2v) is 5.28. The lowest BCUT2D eigenvalue weighted by Gasteiger charge is -2.33. The van der Waals surface area contributed by atoms with E-state index in [1.54, 1.807) is 0 Å². The predicted molar refractivity (Wildman–Crippen MR) is 63.6 cm³/mol. The Hall–Kier alpha value is -0.180. The summed E-state index contributed by atoms with van der Waals surface area (Å²) in [5.74, 6) is -1.44. The van der Waals surface area contributed by atoms with Crippen molar-refractivity contribution in [3.8, 4) is 0 Å². The van der Waals surface area contributed by atoms with Crippen LogP contribution in [0, 0.1) is 11.8 Å². The summed E-state index contributed by atoms with van der Waals surface area (Å²) in [5, 5.41) is 0. The van der Waals surface area contributed by atoms with Gasteiger partial charge in [-0.1, -0.05) is 26.7 Å². The molecule has 1 aliphatic carbocycles. The third-order valence-corrected chi connectivity index (χ3v) is 4.13. The van der Waals surface area contributed by atoms with Gasteiger partial charge in [0.05, 0.1) is 0 Å². The summed E-state index contributed by atoms with van der Waals surface area (Å²) in [5.41, 5.74) is 6.14. The molecule has 0 saturated heterocycles. The normalized spacial score (nSPS) is 23.6. The molecule has 0 aromatic heterocycles. The van der Waals surface area contributed by atoms with Crippen LogP contribution in [0.15, 0.2) is 0 Å². The molecule has 0 radical (unpaired) electrons. The van der Waals surface area contributed by atoms with Crippen molar-refractivity contribution in [1.29, 1.82) is 0 Å². The van der Waals surface area contributed by atoms with Crippen LogP contribution in [-0.2, 0) is 0 Å². The van der Waals surface area contributed by atoms with Crippen LogP contribution in [0.25, 0.3) is 0 Å². The van der Waals surface area contributed by atoms with E-state index in [0.717, 1.165) is 19.3 Å². The third kappa shape index (κ3) is 4.00. The molecule has 1 rings (SSSR count). The fraction of sp³-hybridized carbons (Fsp3) is 1.00. The fourth-order valence-electron chi connectivity index (χ4n) is 2.69. The molecule has 1 unspecified atom stereocenters. The summed E-state index contributed by atoms with van der Waals surface area (Å²) < 4.78 is 26.0. The van der Waals surface area contributed by atoms with Gasteiger partial charge in [0, 0.05) is 18.9 Å². The molecule has 16 heavy (non-hydrogen) atoms. The van der Waals surface area contributed by atoms with E-state index in [-0.39, 0.29) is 18.9 Å². The lowest BCUT2D eigenvalue weighted by molar-refractivity contribution is -0.0489. The van der Waals surface area contributed by atoms with Gasteiger partial charge in [0.15, 0.2) is 0 Å². The first-order valence-electron chi connectivity index (χ1n) is 6.62. The van der Waals surface area contributed by atoms with E-state index in [2.05, 4.69) is 13.8 Å². The minimum absolute atomic E-state index is 0.0360. The Kier molecular flexibility index (Phi) is 5.16. The lowest BCUT2D eigenvalue weighted by atomic mass is 9.79. The van der Waals surface area contributed by atoms with Gasteiger partial charge in [0.25, 0.3) is 0 Å². The smallest absolute Gasteiger partial charge is 0.248 e. The second-order valence-electron chi connectivity index (χ2n) is 5.28. The van der Waals surface area contributed by atoms with Crippen LogP contribution in [0.2, 0.25) is 0 Å². The van der Waals surface area contributed by atoms with Crippen molar-refractivity contribution in [2.75, 3.05) is 0 Å². The second kappa shape index (κ2) is 5.95. The number of nitrogens with two attached hydrogens (primary N) is 1. The maximum Gasteiger partial charge on any atom is 0.248 e. The summed E-state index contributed by atoms with van der Waals surface area (Å²) in [4.78, 5) is 0. The molecule has 0 amide bonds. The molecule has 1 aliphatic rings. The van der Waals surface area contributed by atoms with Gasteiger partial charge in [-0.2, -0.15) is 0 Å². The Morgan fingerprint density at radius 2 is 1.69 bits per heavy atom. The number of alkyl halides is 2. The average molecular weight is 233 g/mol. The van der Waals surface area contributed by atoms with Crippen molar-refractivity contribution in [3.63, 3.8) is 0 Å². The van der Waals surface area contributed by atoms with E-state index in [9.17, 15) is 8.78 Å². The van der Waals surface area contributed by atoms with Crippen molar-refractivity contribution >= 4 is 0 Å². The molecular formula is C13H25F2N. The van der Waals surface area contributed by atoms with E-state index >= 15 is 0 Å². The van der Waals surface area contributed by atoms with Crippen LogP contribution in [0.5, 0.6) is 0 Å². The molecule has 3 heteroatoms. The van der Waals surface area contributed by atoms with Crippen molar-refractivity contribution in [3.05, 3.63) is 0 Å². The molecule has 2 N–H and O–H groups in total. The molecule has 0 aliphatic heterocycles. The van der Waals surface area contributed by atoms with Gasteiger partial charge in [-0.05, 0) is 31.1 Å². The molecule has 0 aromatic rings. The highest BCUT2D eigenvalue weighted by Gasteiger charge is 2.36. The Morgan fingerprint density at radius 1 is 1.19 bits per heavy atom. The summed E-state index contributed by atoms with van der Waals surface area (Å²) in [6.45, 7) is 4.35. The van der Waals surface area contributed by atoms with Crippen LogP contribution in [0.3, 0.4) is 0 Å². The van der Waals surface area contributed by atoms with Gasteiger partial charge in [-0.15, -0.1) is 0 Å². The van der Waals surface area contributed by atoms with Gasteiger partial charge in [-0.3, -0.25) is 0 Å². The molecule has 1 atom stereocenters. The minimum Gasteiger partial charge on any atom is -0.327 e. The Labute approximate surface area is 97.8 Å². The molecule has 0 bridgehead atoms. The van der Waals surface area contributed by atoms with E-state index in [4.69, 9.17) is 5.73 Å². The molecule has 96 valence electrons. The largest absolute Gasteiger partial charge is 0.327 e. The highest BCUT2D eigenvalue weighted by Crippen LogP contribution is 2.38. The zero-order valence-electron chi connectivity index (χ0n) is 10.5. The SMILES string of the molecule is CCC(CC)CC(N)C1CCC(F)(F)CC1. The summed E-state index contributed by atoms with van der Waals surface area (Å²) in [7, 11) is 0. The lowest BCUT2D eigenvalue weighted by Crippen LogP contribution is -2.37. The maximum atomic E-state index is 13.0. The molecule has 0 spiro atoms. The van der Waals surface area contributed by atoms with Crippen LogP contribution in [0.4, 0.5) is 8.78 Å². The summed E-state index contributed by atoms with van der Waals surface area (Å²) in [6, 6.07) is 0.126. The monoisotopic (exact) mass is 233 g/mol. The van der Waals surface area contributed by atoms with E-state index in [1.165, 1.54) is 0 Å². The predicted octanol–water partition coefficient (Wildman–Crippen LogP) is 3.97. The Morgan fingerprint density at radius 3 is 2.12 bits per heavy atom. The van der Waals surface area contributed by atoms with Crippen LogP contribution in [-0.4, -0.2) is 12.0 Å². The Balaban J connectivity index is 2.35. The highest BCUT2D eigenvalue weighted by molar-refractivity contribution is 4.84. The van der Waals surface area contributed by atoms with Gasteiger partial charge in [0.2, 0.25) is 5.92 Å². The first-order valence-corrected chi connectivity index (χ1v) is 6.62. The minimum atomic E-state index is -2.43. The fourth-order valence-corrected chi connectivity index (χ4v) is 2.69. The number of halogens is 2. The number of hydrogen-bond acceptors (Lipinski definition) is 1. The zero-order chi connectivity index (χ0) is 12.2. The van der Waals surface area contributed by atoms with Gasteiger partial charge >= 0.3 is 0 Å². The number of hydrogen-bond donors (Lipinski definition) is 1. The van der Waals surface area contributed by atoms with Gasteiger partial charge in [-0.25, -0.2) is 8.78 Å².